The number of benzene rings is 1. The molecule has 1 aromatic carbocycles. The number of ketones is 1. The number of fused-ring (bicyclic) bond motifs is 2. The number of ether oxygens (including phenoxy) is 1. The first-order valence-electron chi connectivity index (χ1n) is 8.02. The van der Waals surface area contributed by atoms with Gasteiger partial charge in [-0.25, -0.2) is 9.50 Å². The highest BCUT2D eigenvalue weighted by Crippen LogP contribution is 2.35. The summed E-state index contributed by atoms with van der Waals surface area (Å²) < 4.78 is 6.91. The van der Waals surface area contributed by atoms with Crippen molar-refractivity contribution in [2.45, 2.75) is 26.7 Å². The Morgan fingerprint density at radius 3 is 2.58 bits per heavy atom. The zero-order valence-electron chi connectivity index (χ0n) is 14.0. The van der Waals surface area contributed by atoms with Gasteiger partial charge in [-0.05, 0) is 29.5 Å². The van der Waals surface area contributed by atoms with Crippen LogP contribution in [0.5, 0.6) is 5.75 Å². The number of nitrogens with zero attached hydrogens (tertiary/aromatic N) is 3. The number of Topliss-reactive ketones (excluding diaryl/α,β-unsaturated/α-hetero) is 1. The van der Waals surface area contributed by atoms with Crippen molar-refractivity contribution in [2.24, 2.45) is 5.41 Å². The van der Waals surface area contributed by atoms with Gasteiger partial charge in [0.1, 0.15) is 5.75 Å². The van der Waals surface area contributed by atoms with E-state index in [4.69, 9.17) is 9.72 Å². The van der Waals surface area contributed by atoms with Crippen molar-refractivity contribution in [1.29, 1.82) is 0 Å². The second kappa shape index (κ2) is 5.16. The van der Waals surface area contributed by atoms with E-state index in [1.807, 2.05) is 30.5 Å². The van der Waals surface area contributed by atoms with E-state index >= 15 is 0 Å². The minimum absolute atomic E-state index is 0.0459. The normalized spacial score (nSPS) is 16.2. The van der Waals surface area contributed by atoms with E-state index in [9.17, 15) is 4.79 Å². The van der Waals surface area contributed by atoms with Crippen molar-refractivity contribution in [3.05, 3.63) is 47.9 Å². The molecule has 1 aliphatic rings. The highest BCUT2D eigenvalue weighted by Gasteiger charge is 2.32. The van der Waals surface area contributed by atoms with Crippen LogP contribution in [-0.2, 0) is 6.42 Å². The summed E-state index contributed by atoms with van der Waals surface area (Å²) in [5.74, 6) is 0.963. The van der Waals surface area contributed by atoms with Gasteiger partial charge >= 0.3 is 0 Å². The van der Waals surface area contributed by atoms with E-state index in [2.05, 4.69) is 18.9 Å². The van der Waals surface area contributed by atoms with Gasteiger partial charge in [0.05, 0.1) is 24.6 Å². The fourth-order valence-corrected chi connectivity index (χ4v) is 3.33. The third kappa shape index (κ3) is 2.37. The Morgan fingerprint density at radius 2 is 1.88 bits per heavy atom. The molecule has 0 aliphatic heterocycles. The Balaban J connectivity index is 1.86. The SMILES string of the molecule is COc1ccc(-c2cnn3cc4c(nc23)CC(C)(C)CC4=O)cc1. The van der Waals surface area contributed by atoms with E-state index in [1.54, 1.807) is 17.8 Å². The Labute approximate surface area is 140 Å². The van der Waals surface area contributed by atoms with Crippen LogP contribution < -0.4 is 4.74 Å². The number of rotatable bonds is 2. The summed E-state index contributed by atoms with van der Waals surface area (Å²) in [6.07, 6.45) is 4.98. The summed E-state index contributed by atoms with van der Waals surface area (Å²) in [7, 11) is 1.65. The van der Waals surface area contributed by atoms with Crippen LogP contribution in [0.2, 0.25) is 0 Å². The van der Waals surface area contributed by atoms with Crippen LogP contribution in [0.4, 0.5) is 0 Å². The molecule has 3 aromatic rings. The van der Waals surface area contributed by atoms with Crippen molar-refractivity contribution >= 4 is 11.4 Å². The molecule has 0 fully saturated rings. The standard InChI is InChI=1S/C19H19N3O2/c1-19(2)8-16-15(17(23)9-19)11-22-18(21-16)14(10-20-22)12-4-6-13(24-3)7-5-12/h4-7,10-11H,8-9H2,1-3H3. The van der Waals surface area contributed by atoms with Gasteiger partial charge in [0.25, 0.3) is 0 Å². The van der Waals surface area contributed by atoms with Crippen LogP contribution in [-0.4, -0.2) is 27.5 Å². The van der Waals surface area contributed by atoms with Gasteiger partial charge < -0.3 is 4.74 Å². The van der Waals surface area contributed by atoms with E-state index in [0.717, 1.165) is 34.6 Å². The first kappa shape index (κ1) is 14.9. The van der Waals surface area contributed by atoms with Crippen LogP contribution in [0.1, 0.15) is 36.3 Å². The Bertz CT molecular complexity index is 939. The molecule has 5 heteroatoms. The van der Waals surface area contributed by atoms with Crippen LogP contribution in [0.25, 0.3) is 16.8 Å². The molecule has 1 aliphatic carbocycles. The lowest BCUT2D eigenvalue weighted by atomic mass is 9.76. The molecule has 0 amide bonds. The molecule has 0 spiro atoms. The van der Waals surface area contributed by atoms with E-state index in [1.165, 1.54) is 0 Å². The second-order valence-electron chi connectivity index (χ2n) is 7.10. The van der Waals surface area contributed by atoms with Gasteiger partial charge in [-0.1, -0.05) is 26.0 Å². The van der Waals surface area contributed by atoms with Gasteiger partial charge in [0, 0.05) is 18.2 Å². The molecule has 0 N–H and O–H groups in total. The number of hydrogen-bond donors (Lipinski definition) is 0. The minimum Gasteiger partial charge on any atom is -0.497 e. The maximum Gasteiger partial charge on any atom is 0.166 e. The summed E-state index contributed by atoms with van der Waals surface area (Å²) >= 11 is 0. The summed E-state index contributed by atoms with van der Waals surface area (Å²) in [4.78, 5) is 17.2. The van der Waals surface area contributed by atoms with Gasteiger partial charge in [-0.3, -0.25) is 4.79 Å². The molecule has 24 heavy (non-hydrogen) atoms. The first-order valence-corrected chi connectivity index (χ1v) is 8.02. The molecule has 0 unspecified atom stereocenters. The van der Waals surface area contributed by atoms with Gasteiger partial charge in [-0.2, -0.15) is 5.10 Å². The summed E-state index contributed by atoms with van der Waals surface area (Å²) in [6.45, 7) is 4.22. The van der Waals surface area contributed by atoms with Crippen LogP contribution in [0, 0.1) is 5.41 Å². The van der Waals surface area contributed by atoms with Crippen molar-refractivity contribution in [2.75, 3.05) is 7.11 Å². The largest absolute Gasteiger partial charge is 0.497 e. The highest BCUT2D eigenvalue weighted by atomic mass is 16.5. The van der Waals surface area contributed by atoms with Gasteiger partial charge in [-0.15, -0.1) is 0 Å². The molecule has 0 radical (unpaired) electrons. The van der Waals surface area contributed by atoms with Crippen LogP contribution in [0.3, 0.4) is 0 Å². The predicted molar refractivity (Wildman–Crippen MR) is 91.4 cm³/mol. The Kier molecular flexibility index (Phi) is 3.20. The first-order chi connectivity index (χ1) is 11.5. The number of aromatic nitrogens is 3. The maximum absolute atomic E-state index is 12.4. The summed E-state index contributed by atoms with van der Waals surface area (Å²) in [6, 6.07) is 7.83. The average Bonchev–Trinajstić information content (AvgIpc) is 2.95. The molecule has 2 aromatic heterocycles. The molecular formula is C19H19N3O2. The van der Waals surface area contributed by atoms with Crippen molar-refractivity contribution in [1.82, 2.24) is 14.6 Å². The number of hydrogen-bond acceptors (Lipinski definition) is 4. The number of methoxy groups -OCH3 is 1. The monoisotopic (exact) mass is 321 g/mol. The maximum atomic E-state index is 12.4. The van der Waals surface area contributed by atoms with Crippen LogP contribution in [0.15, 0.2) is 36.7 Å². The van der Waals surface area contributed by atoms with Crippen molar-refractivity contribution in [3.8, 4) is 16.9 Å². The average molecular weight is 321 g/mol. The van der Waals surface area contributed by atoms with Crippen molar-refractivity contribution in [3.63, 3.8) is 0 Å². The highest BCUT2D eigenvalue weighted by molar-refractivity contribution is 5.98. The quantitative estimate of drug-likeness (QED) is 0.724. The molecule has 0 bridgehead atoms. The van der Waals surface area contributed by atoms with E-state index in [-0.39, 0.29) is 11.2 Å². The molecule has 0 saturated heterocycles. The molecule has 122 valence electrons. The van der Waals surface area contributed by atoms with E-state index < -0.39 is 0 Å². The summed E-state index contributed by atoms with van der Waals surface area (Å²) in [5, 5.41) is 4.39. The predicted octanol–water partition coefficient (Wildman–Crippen LogP) is 3.56. The lowest BCUT2D eigenvalue weighted by Crippen LogP contribution is -2.28. The summed E-state index contributed by atoms with van der Waals surface area (Å²) in [5.41, 5.74) is 4.29. The second-order valence-corrected chi connectivity index (χ2v) is 7.10. The molecule has 4 rings (SSSR count). The molecule has 0 saturated carbocycles. The third-order valence-electron chi connectivity index (χ3n) is 4.56. The third-order valence-corrected chi connectivity index (χ3v) is 4.56. The van der Waals surface area contributed by atoms with Gasteiger partial charge in [0.2, 0.25) is 0 Å². The number of carbonyl (C=O) groups is 1. The Hall–Kier alpha value is -2.69. The molecular weight excluding hydrogens is 302 g/mol. The van der Waals surface area contributed by atoms with Gasteiger partial charge in [0.15, 0.2) is 11.4 Å². The fourth-order valence-electron chi connectivity index (χ4n) is 3.33. The zero-order chi connectivity index (χ0) is 16.9. The van der Waals surface area contributed by atoms with Crippen LogP contribution >= 0.6 is 0 Å². The lowest BCUT2D eigenvalue weighted by Gasteiger charge is -2.29. The zero-order valence-corrected chi connectivity index (χ0v) is 14.0. The minimum atomic E-state index is -0.0459. The topological polar surface area (TPSA) is 56.5 Å². The van der Waals surface area contributed by atoms with E-state index in [0.29, 0.717) is 12.0 Å². The molecule has 5 nitrogen and oxygen atoms in total. The van der Waals surface area contributed by atoms with Crippen molar-refractivity contribution < 1.29 is 9.53 Å². The Morgan fingerprint density at radius 1 is 1.12 bits per heavy atom. The smallest absolute Gasteiger partial charge is 0.166 e. The molecule has 0 atom stereocenters. The fraction of sp³-hybridized carbons (Fsp3) is 0.316. The number of carbonyl (C=O) groups excluding carboxylic acids is 1. The molecule has 2 heterocycles. The lowest BCUT2D eigenvalue weighted by molar-refractivity contribution is 0.0909.